The van der Waals surface area contributed by atoms with Gasteiger partial charge in [0.2, 0.25) is 23.8 Å². The van der Waals surface area contributed by atoms with E-state index in [1.807, 2.05) is 12.1 Å². The minimum atomic E-state index is 0.203. The molecule has 0 spiro atoms. The lowest BCUT2D eigenvalue weighted by Crippen LogP contribution is -2.47. The van der Waals surface area contributed by atoms with Crippen LogP contribution in [0.15, 0.2) is 36.7 Å². The van der Waals surface area contributed by atoms with Crippen LogP contribution in [-0.4, -0.2) is 76.5 Å². The number of hydrogen-bond acceptors (Lipinski definition) is 11. The maximum absolute atomic E-state index is 8.99. The number of anilines is 5. The number of piperazine rings is 1. The van der Waals surface area contributed by atoms with Crippen LogP contribution in [-0.2, 0) is 0 Å². The number of rotatable bonds is 11. The maximum atomic E-state index is 8.99. The molecule has 0 radical (unpaired) electrons. The van der Waals surface area contributed by atoms with Crippen LogP contribution >= 0.6 is 11.6 Å². The molecule has 1 aliphatic rings. The Morgan fingerprint density at radius 1 is 0.943 bits per heavy atom. The summed E-state index contributed by atoms with van der Waals surface area (Å²) in [5.41, 5.74) is 0.743. The van der Waals surface area contributed by atoms with Crippen LogP contribution in [0.1, 0.15) is 19.3 Å². The molecule has 186 valence electrons. The van der Waals surface area contributed by atoms with Crippen molar-refractivity contribution < 1.29 is 9.84 Å². The summed E-state index contributed by atoms with van der Waals surface area (Å²) in [5, 5.41) is 16.0. The van der Waals surface area contributed by atoms with Gasteiger partial charge in [0.1, 0.15) is 5.75 Å². The van der Waals surface area contributed by atoms with Crippen molar-refractivity contribution in [3.05, 3.63) is 41.7 Å². The SMILES string of the molecule is COc1ccc(Nc2nc(NCCCCCO)nc(N3CCN(c4ncccn4)CC3)n2)cc1Cl. The van der Waals surface area contributed by atoms with Gasteiger partial charge in [-0.25, -0.2) is 9.97 Å². The van der Waals surface area contributed by atoms with Crippen LogP contribution in [0.4, 0.5) is 29.5 Å². The summed E-state index contributed by atoms with van der Waals surface area (Å²) < 4.78 is 5.23. The van der Waals surface area contributed by atoms with Gasteiger partial charge in [-0.05, 0) is 43.5 Å². The van der Waals surface area contributed by atoms with E-state index >= 15 is 0 Å². The first-order valence-electron chi connectivity index (χ1n) is 11.6. The van der Waals surface area contributed by atoms with Crippen molar-refractivity contribution in [3.63, 3.8) is 0 Å². The molecule has 35 heavy (non-hydrogen) atoms. The van der Waals surface area contributed by atoms with Crippen LogP contribution in [0.5, 0.6) is 5.75 Å². The van der Waals surface area contributed by atoms with Gasteiger partial charge < -0.3 is 30.3 Å². The van der Waals surface area contributed by atoms with Gasteiger partial charge in [0.15, 0.2) is 0 Å². The first-order valence-corrected chi connectivity index (χ1v) is 12.0. The average molecular weight is 500 g/mol. The fourth-order valence-electron chi connectivity index (χ4n) is 3.69. The monoisotopic (exact) mass is 499 g/mol. The van der Waals surface area contributed by atoms with E-state index in [0.717, 1.165) is 57.1 Å². The highest BCUT2D eigenvalue weighted by Gasteiger charge is 2.22. The fraction of sp³-hybridized carbons (Fsp3) is 0.435. The van der Waals surface area contributed by atoms with Crippen LogP contribution in [0.3, 0.4) is 0 Å². The number of ether oxygens (including phenoxy) is 1. The molecule has 11 nitrogen and oxygen atoms in total. The summed E-state index contributed by atoms with van der Waals surface area (Å²) in [7, 11) is 1.58. The predicted octanol–water partition coefficient (Wildman–Crippen LogP) is 2.97. The zero-order valence-electron chi connectivity index (χ0n) is 19.7. The topological polar surface area (TPSA) is 124 Å². The van der Waals surface area contributed by atoms with Crippen LogP contribution < -0.4 is 25.2 Å². The van der Waals surface area contributed by atoms with E-state index in [1.165, 1.54) is 0 Å². The smallest absolute Gasteiger partial charge is 0.233 e. The molecular weight excluding hydrogens is 470 g/mol. The molecule has 1 aromatic carbocycles. The van der Waals surface area contributed by atoms with Gasteiger partial charge in [-0.15, -0.1) is 0 Å². The molecule has 0 saturated carbocycles. The quantitative estimate of drug-likeness (QED) is 0.337. The molecular formula is C23H30ClN9O2. The lowest BCUT2D eigenvalue weighted by Gasteiger charge is -2.34. The van der Waals surface area contributed by atoms with Gasteiger partial charge in [0.05, 0.1) is 12.1 Å². The molecule has 3 N–H and O–H groups in total. The molecule has 0 unspecified atom stereocenters. The molecule has 0 aliphatic carbocycles. The molecule has 1 fully saturated rings. The average Bonchev–Trinajstić information content (AvgIpc) is 2.89. The molecule has 3 aromatic rings. The summed E-state index contributed by atoms with van der Waals surface area (Å²) in [6.45, 7) is 3.88. The highest BCUT2D eigenvalue weighted by molar-refractivity contribution is 6.32. The molecule has 4 rings (SSSR count). The molecule has 2 aromatic heterocycles. The van der Waals surface area contributed by atoms with Gasteiger partial charge in [-0.3, -0.25) is 0 Å². The third-order valence-electron chi connectivity index (χ3n) is 5.55. The minimum absolute atomic E-state index is 0.203. The first-order chi connectivity index (χ1) is 17.2. The van der Waals surface area contributed by atoms with Crippen molar-refractivity contribution >= 4 is 41.1 Å². The molecule has 1 saturated heterocycles. The highest BCUT2D eigenvalue weighted by Crippen LogP contribution is 2.28. The number of hydrogen-bond donors (Lipinski definition) is 3. The molecule has 0 bridgehead atoms. The number of methoxy groups -OCH3 is 1. The number of halogens is 1. The highest BCUT2D eigenvalue weighted by atomic mass is 35.5. The number of nitrogens with zero attached hydrogens (tertiary/aromatic N) is 7. The number of nitrogens with one attached hydrogen (secondary N) is 2. The van der Waals surface area contributed by atoms with E-state index in [2.05, 4.69) is 45.4 Å². The molecule has 0 amide bonds. The first kappa shape index (κ1) is 24.7. The molecule has 0 atom stereocenters. The van der Waals surface area contributed by atoms with E-state index in [-0.39, 0.29) is 6.61 Å². The lowest BCUT2D eigenvalue weighted by atomic mass is 10.2. The summed E-state index contributed by atoms with van der Waals surface area (Å²) >= 11 is 6.28. The van der Waals surface area contributed by atoms with Crippen LogP contribution in [0, 0.1) is 0 Å². The van der Waals surface area contributed by atoms with E-state index < -0.39 is 0 Å². The third kappa shape index (κ3) is 6.80. The zero-order valence-corrected chi connectivity index (χ0v) is 20.4. The third-order valence-corrected chi connectivity index (χ3v) is 5.84. The van der Waals surface area contributed by atoms with Crippen molar-refractivity contribution in [1.82, 2.24) is 24.9 Å². The number of unbranched alkanes of at least 4 members (excludes halogenated alkanes) is 2. The van der Waals surface area contributed by atoms with Crippen molar-refractivity contribution in [3.8, 4) is 5.75 Å². The second-order valence-electron chi connectivity index (χ2n) is 7.99. The van der Waals surface area contributed by atoms with Crippen molar-refractivity contribution in [2.75, 3.05) is 66.9 Å². The van der Waals surface area contributed by atoms with Crippen molar-refractivity contribution in [2.45, 2.75) is 19.3 Å². The Labute approximate surface area is 209 Å². The second-order valence-corrected chi connectivity index (χ2v) is 8.40. The van der Waals surface area contributed by atoms with Gasteiger partial charge in [-0.2, -0.15) is 15.0 Å². The van der Waals surface area contributed by atoms with E-state index in [4.69, 9.17) is 21.4 Å². The Balaban J connectivity index is 1.49. The number of benzene rings is 1. The largest absolute Gasteiger partial charge is 0.495 e. The maximum Gasteiger partial charge on any atom is 0.233 e. The van der Waals surface area contributed by atoms with Crippen molar-refractivity contribution in [2.24, 2.45) is 0 Å². The Bertz CT molecular complexity index is 1080. The van der Waals surface area contributed by atoms with Gasteiger partial charge in [-0.1, -0.05) is 11.6 Å². The van der Waals surface area contributed by atoms with Crippen LogP contribution in [0.2, 0.25) is 5.02 Å². The zero-order chi connectivity index (χ0) is 24.5. The number of aliphatic hydroxyl groups is 1. The van der Waals surface area contributed by atoms with E-state index in [1.54, 1.807) is 31.6 Å². The molecule has 1 aliphatic heterocycles. The van der Waals surface area contributed by atoms with Crippen LogP contribution in [0.25, 0.3) is 0 Å². The Kier molecular flexibility index (Phi) is 8.68. The number of aliphatic hydroxyl groups excluding tert-OH is 1. The fourth-order valence-corrected chi connectivity index (χ4v) is 3.95. The Hall–Kier alpha value is -3.44. The normalized spacial score (nSPS) is 13.6. The van der Waals surface area contributed by atoms with E-state index in [0.29, 0.717) is 35.2 Å². The van der Waals surface area contributed by atoms with E-state index in [9.17, 15) is 0 Å². The summed E-state index contributed by atoms with van der Waals surface area (Å²) in [6, 6.07) is 7.23. The second kappa shape index (κ2) is 12.3. The minimum Gasteiger partial charge on any atom is -0.495 e. The molecule has 3 heterocycles. The Morgan fingerprint density at radius 3 is 2.34 bits per heavy atom. The van der Waals surface area contributed by atoms with Crippen molar-refractivity contribution in [1.29, 1.82) is 0 Å². The number of aromatic nitrogens is 5. The Morgan fingerprint density at radius 2 is 1.66 bits per heavy atom. The van der Waals surface area contributed by atoms with Gasteiger partial charge in [0, 0.05) is 57.4 Å². The lowest BCUT2D eigenvalue weighted by molar-refractivity contribution is 0.283. The summed E-state index contributed by atoms with van der Waals surface area (Å²) in [4.78, 5) is 26.9. The summed E-state index contributed by atoms with van der Waals surface area (Å²) in [6.07, 6.45) is 6.13. The summed E-state index contributed by atoms with van der Waals surface area (Å²) in [5.74, 6) is 2.83. The predicted molar refractivity (Wildman–Crippen MR) is 137 cm³/mol. The molecule has 12 heteroatoms. The van der Waals surface area contributed by atoms with Gasteiger partial charge >= 0.3 is 0 Å². The standard InChI is InChI=1S/C23H30ClN9O2/c1-35-19-7-6-17(16-18(19)24)28-21-29-20(25-8-3-2-4-15-34)30-23(31-21)33-13-11-32(12-14-33)22-26-9-5-10-27-22/h5-7,9-10,16,34H,2-4,8,11-15H2,1H3,(H2,25,28,29,30,31). The van der Waals surface area contributed by atoms with Gasteiger partial charge in [0.25, 0.3) is 0 Å².